The van der Waals surface area contributed by atoms with Gasteiger partial charge in [0.05, 0.1) is 6.20 Å². The normalized spacial score (nSPS) is 15.3. The molecule has 0 spiro atoms. The molecule has 0 aromatic carbocycles. The van der Waals surface area contributed by atoms with Crippen LogP contribution in [0.5, 0.6) is 0 Å². The summed E-state index contributed by atoms with van der Waals surface area (Å²) in [5, 5.41) is 4.44. The fourth-order valence-electron chi connectivity index (χ4n) is 1.59. The van der Waals surface area contributed by atoms with E-state index in [-0.39, 0.29) is 5.91 Å². The molecule has 0 bridgehead atoms. The van der Waals surface area contributed by atoms with Crippen molar-refractivity contribution >= 4 is 21.8 Å². The van der Waals surface area contributed by atoms with Gasteiger partial charge in [-0.1, -0.05) is 21.1 Å². The molecular formula is C10H13BrN2O2. The van der Waals surface area contributed by atoms with Gasteiger partial charge in [0, 0.05) is 17.9 Å². The number of rotatable bonds is 4. The molecule has 5 heteroatoms. The van der Waals surface area contributed by atoms with Gasteiger partial charge in [-0.2, -0.15) is 0 Å². The summed E-state index contributed by atoms with van der Waals surface area (Å²) in [6.07, 6.45) is 3.73. The van der Waals surface area contributed by atoms with Crippen molar-refractivity contribution in [1.82, 2.24) is 10.1 Å². The lowest BCUT2D eigenvalue weighted by Crippen LogP contribution is -2.34. The first-order valence-corrected chi connectivity index (χ1v) is 6.14. The average Bonchev–Trinajstić information content (AvgIpc) is 2.97. The van der Waals surface area contributed by atoms with Gasteiger partial charge in [-0.05, 0) is 19.8 Å². The smallest absolute Gasteiger partial charge is 0.259 e. The molecule has 1 aliphatic carbocycles. The Morgan fingerprint density at radius 3 is 2.93 bits per heavy atom. The second kappa shape index (κ2) is 4.35. The zero-order valence-corrected chi connectivity index (χ0v) is 10.2. The molecular weight excluding hydrogens is 260 g/mol. The molecule has 0 unspecified atom stereocenters. The van der Waals surface area contributed by atoms with E-state index in [0.29, 0.717) is 17.4 Å². The summed E-state index contributed by atoms with van der Waals surface area (Å²) in [7, 11) is 0. The lowest BCUT2D eigenvalue weighted by atomic mass is 10.2. The van der Waals surface area contributed by atoms with Crippen LogP contribution in [-0.2, 0) is 0 Å². The Morgan fingerprint density at radius 1 is 1.73 bits per heavy atom. The molecule has 4 nitrogen and oxygen atoms in total. The Balaban J connectivity index is 2.14. The number of hydrogen-bond acceptors (Lipinski definition) is 3. The maximum atomic E-state index is 12.1. The van der Waals surface area contributed by atoms with Crippen molar-refractivity contribution in [2.45, 2.75) is 25.8 Å². The van der Waals surface area contributed by atoms with Crippen molar-refractivity contribution in [3.63, 3.8) is 0 Å². The summed E-state index contributed by atoms with van der Waals surface area (Å²) in [4.78, 5) is 14.0. The molecule has 82 valence electrons. The van der Waals surface area contributed by atoms with Crippen molar-refractivity contribution in [2.24, 2.45) is 0 Å². The molecule has 1 amide bonds. The first-order valence-electron chi connectivity index (χ1n) is 5.02. The van der Waals surface area contributed by atoms with Crippen LogP contribution in [0.15, 0.2) is 10.7 Å². The Hall–Kier alpha value is -0.840. The zero-order valence-electron chi connectivity index (χ0n) is 8.57. The Kier molecular flexibility index (Phi) is 3.09. The highest BCUT2D eigenvalue weighted by molar-refractivity contribution is 9.09. The van der Waals surface area contributed by atoms with Gasteiger partial charge in [-0.3, -0.25) is 4.79 Å². The molecule has 1 aromatic heterocycles. The third-order valence-corrected chi connectivity index (χ3v) is 2.91. The van der Waals surface area contributed by atoms with Gasteiger partial charge in [0.15, 0.2) is 0 Å². The summed E-state index contributed by atoms with van der Waals surface area (Å²) < 4.78 is 4.90. The lowest BCUT2D eigenvalue weighted by molar-refractivity contribution is 0.0753. The van der Waals surface area contributed by atoms with Crippen LogP contribution in [0, 0.1) is 6.92 Å². The van der Waals surface area contributed by atoms with Crippen LogP contribution in [-0.4, -0.2) is 33.9 Å². The van der Waals surface area contributed by atoms with E-state index in [1.54, 1.807) is 6.92 Å². The number of aromatic nitrogens is 1. The highest BCUT2D eigenvalue weighted by Gasteiger charge is 2.33. The summed E-state index contributed by atoms with van der Waals surface area (Å²) in [5.74, 6) is 0.635. The van der Waals surface area contributed by atoms with E-state index in [4.69, 9.17) is 4.52 Å². The number of hydrogen-bond donors (Lipinski definition) is 0. The largest absolute Gasteiger partial charge is 0.361 e. The molecule has 0 saturated heterocycles. The fraction of sp³-hybridized carbons (Fsp3) is 0.600. The average molecular weight is 273 g/mol. The van der Waals surface area contributed by atoms with Crippen molar-refractivity contribution in [1.29, 1.82) is 0 Å². The SMILES string of the molecule is Cc1oncc1C(=O)N(CCBr)C1CC1. The van der Waals surface area contributed by atoms with Gasteiger partial charge in [0.1, 0.15) is 11.3 Å². The zero-order chi connectivity index (χ0) is 10.8. The van der Waals surface area contributed by atoms with Gasteiger partial charge < -0.3 is 9.42 Å². The van der Waals surface area contributed by atoms with Crippen LogP contribution in [0.4, 0.5) is 0 Å². The molecule has 0 N–H and O–H groups in total. The Bertz CT molecular complexity index is 360. The summed E-state index contributed by atoms with van der Waals surface area (Å²) >= 11 is 3.36. The van der Waals surface area contributed by atoms with Gasteiger partial charge in [0.2, 0.25) is 0 Å². The number of alkyl halides is 1. The van der Waals surface area contributed by atoms with Gasteiger partial charge in [-0.15, -0.1) is 0 Å². The number of halogens is 1. The number of nitrogens with zero attached hydrogens (tertiary/aromatic N) is 2. The summed E-state index contributed by atoms with van der Waals surface area (Å²) in [6, 6.07) is 0.421. The third-order valence-electron chi connectivity index (χ3n) is 2.56. The van der Waals surface area contributed by atoms with Crippen LogP contribution < -0.4 is 0 Å². The lowest BCUT2D eigenvalue weighted by Gasteiger charge is -2.20. The molecule has 0 radical (unpaired) electrons. The minimum atomic E-state index is 0.0377. The number of carbonyl (C=O) groups is 1. The molecule has 0 aliphatic heterocycles. The van der Waals surface area contributed by atoms with Gasteiger partial charge in [-0.25, -0.2) is 0 Å². The van der Waals surface area contributed by atoms with Crippen molar-refractivity contribution in [3.05, 3.63) is 17.5 Å². The van der Waals surface area contributed by atoms with Crippen LogP contribution in [0.2, 0.25) is 0 Å². The quantitative estimate of drug-likeness (QED) is 0.788. The number of aryl methyl sites for hydroxylation is 1. The van der Waals surface area contributed by atoms with Crippen molar-refractivity contribution in [3.8, 4) is 0 Å². The van der Waals surface area contributed by atoms with Crippen LogP contribution in [0.1, 0.15) is 29.0 Å². The molecule has 0 atom stereocenters. The predicted molar refractivity (Wildman–Crippen MR) is 59.1 cm³/mol. The summed E-state index contributed by atoms with van der Waals surface area (Å²) in [6.45, 7) is 2.51. The molecule has 1 heterocycles. The summed E-state index contributed by atoms with van der Waals surface area (Å²) in [5.41, 5.74) is 0.586. The van der Waals surface area contributed by atoms with E-state index in [9.17, 15) is 4.79 Å². The minimum Gasteiger partial charge on any atom is -0.361 e. The van der Waals surface area contributed by atoms with E-state index < -0.39 is 0 Å². The minimum absolute atomic E-state index is 0.0377. The van der Waals surface area contributed by atoms with Crippen LogP contribution >= 0.6 is 15.9 Å². The van der Waals surface area contributed by atoms with Crippen molar-refractivity contribution < 1.29 is 9.32 Å². The first-order chi connectivity index (χ1) is 7.24. The highest BCUT2D eigenvalue weighted by atomic mass is 79.9. The van der Waals surface area contributed by atoms with E-state index in [0.717, 1.165) is 24.7 Å². The standard InChI is InChI=1S/C10H13BrN2O2/c1-7-9(6-12-15-7)10(14)13(5-4-11)8-2-3-8/h6,8H,2-5H2,1H3. The first kappa shape index (κ1) is 10.7. The van der Waals surface area contributed by atoms with E-state index >= 15 is 0 Å². The van der Waals surface area contributed by atoms with E-state index in [1.807, 2.05) is 4.90 Å². The van der Waals surface area contributed by atoms with Crippen molar-refractivity contribution in [2.75, 3.05) is 11.9 Å². The molecule has 1 aromatic rings. The Morgan fingerprint density at radius 2 is 2.47 bits per heavy atom. The second-order valence-electron chi connectivity index (χ2n) is 3.71. The van der Waals surface area contributed by atoms with Gasteiger partial charge in [0.25, 0.3) is 5.91 Å². The molecule has 2 rings (SSSR count). The van der Waals surface area contributed by atoms with Crippen LogP contribution in [0.25, 0.3) is 0 Å². The maximum Gasteiger partial charge on any atom is 0.259 e. The number of amides is 1. The molecule has 1 fully saturated rings. The number of carbonyl (C=O) groups excluding carboxylic acids is 1. The van der Waals surface area contributed by atoms with E-state index in [1.165, 1.54) is 6.20 Å². The van der Waals surface area contributed by atoms with Gasteiger partial charge >= 0.3 is 0 Å². The molecule has 1 aliphatic rings. The predicted octanol–water partition coefficient (Wildman–Crippen LogP) is 1.98. The monoisotopic (exact) mass is 272 g/mol. The molecule has 1 saturated carbocycles. The van der Waals surface area contributed by atoms with Crippen LogP contribution in [0.3, 0.4) is 0 Å². The highest BCUT2D eigenvalue weighted by Crippen LogP contribution is 2.28. The second-order valence-corrected chi connectivity index (χ2v) is 4.51. The third kappa shape index (κ3) is 2.22. The topological polar surface area (TPSA) is 46.3 Å². The maximum absolute atomic E-state index is 12.1. The Labute approximate surface area is 96.7 Å². The molecule has 15 heavy (non-hydrogen) atoms. The fourth-order valence-corrected chi connectivity index (χ4v) is 1.97. The van der Waals surface area contributed by atoms with E-state index in [2.05, 4.69) is 21.1 Å².